The SMILES string of the molecule is CCCn1nc(C)c2c(C(=O)OC)cc(C3=CCCC=C3OC)nc21. The first-order chi connectivity index (χ1) is 12.1. The highest BCUT2D eigenvalue weighted by Gasteiger charge is 2.22. The lowest BCUT2D eigenvalue weighted by Gasteiger charge is -2.16. The number of fused-ring (bicyclic) bond motifs is 1. The van der Waals surface area contributed by atoms with Gasteiger partial charge in [-0.3, -0.25) is 0 Å². The Morgan fingerprint density at radius 1 is 1.28 bits per heavy atom. The number of methoxy groups -OCH3 is 2. The third-order valence-corrected chi connectivity index (χ3v) is 4.32. The molecule has 0 saturated carbocycles. The first-order valence-electron chi connectivity index (χ1n) is 8.52. The molecule has 0 aliphatic heterocycles. The minimum absolute atomic E-state index is 0.382. The summed E-state index contributed by atoms with van der Waals surface area (Å²) in [6.07, 6.45) is 6.94. The zero-order valence-corrected chi connectivity index (χ0v) is 15.1. The minimum Gasteiger partial charge on any atom is -0.496 e. The highest BCUT2D eigenvalue weighted by Crippen LogP contribution is 2.31. The number of allylic oxidation sites excluding steroid dienone is 3. The zero-order chi connectivity index (χ0) is 18.0. The van der Waals surface area contributed by atoms with Crippen LogP contribution >= 0.6 is 0 Å². The molecule has 3 rings (SSSR count). The van der Waals surface area contributed by atoms with Gasteiger partial charge in [-0.15, -0.1) is 0 Å². The van der Waals surface area contributed by atoms with Gasteiger partial charge in [0.25, 0.3) is 0 Å². The van der Waals surface area contributed by atoms with Crippen LogP contribution in [0.1, 0.15) is 47.9 Å². The van der Waals surface area contributed by atoms with Crippen molar-refractivity contribution in [2.45, 2.75) is 39.7 Å². The predicted octanol–water partition coefficient (Wildman–Crippen LogP) is 3.64. The van der Waals surface area contributed by atoms with Gasteiger partial charge in [0.2, 0.25) is 0 Å². The van der Waals surface area contributed by atoms with Crippen LogP contribution in [0.5, 0.6) is 0 Å². The quantitative estimate of drug-likeness (QED) is 0.777. The number of rotatable bonds is 5. The molecule has 6 nitrogen and oxygen atoms in total. The lowest BCUT2D eigenvalue weighted by Crippen LogP contribution is -2.08. The van der Waals surface area contributed by atoms with E-state index >= 15 is 0 Å². The third kappa shape index (κ3) is 3.04. The number of aromatic nitrogens is 3. The van der Waals surface area contributed by atoms with E-state index in [0.29, 0.717) is 16.9 Å². The largest absolute Gasteiger partial charge is 0.496 e. The minimum atomic E-state index is -0.382. The maximum absolute atomic E-state index is 12.4. The van der Waals surface area contributed by atoms with Gasteiger partial charge in [-0.25, -0.2) is 14.5 Å². The average molecular weight is 341 g/mol. The molecule has 0 amide bonds. The molecule has 0 fully saturated rings. The van der Waals surface area contributed by atoms with Gasteiger partial charge in [0.05, 0.1) is 36.6 Å². The molecule has 0 N–H and O–H groups in total. The van der Waals surface area contributed by atoms with Crippen molar-refractivity contribution in [1.29, 1.82) is 0 Å². The Hall–Kier alpha value is -2.63. The van der Waals surface area contributed by atoms with Gasteiger partial charge in [-0.05, 0) is 38.3 Å². The van der Waals surface area contributed by atoms with Crippen LogP contribution in [0, 0.1) is 6.92 Å². The number of aryl methyl sites for hydroxylation is 2. The van der Waals surface area contributed by atoms with Crippen LogP contribution in [-0.4, -0.2) is 35.0 Å². The second-order valence-corrected chi connectivity index (χ2v) is 6.02. The first-order valence-corrected chi connectivity index (χ1v) is 8.52. The van der Waals surface area contributed by atoms with Crippen LogP contribution in [0.15, 0.2) is 24.0 Å². The Morgan fingerprint density at radius 3 is 2.72 bits per heavy atom. The lowest BCUT2D eigenvalue weighted by molar-refractivity contribution is 0.0603. The molecule has 2 heterocycles. The van der Waals surface area contributed by atoms with Crippen molar-refractivity contribution in [3.05, 3.63) is 40.9 Å². The Morgan fingerprint density at radius 2 is 2.04 bits per heavy atom. The summed E-state index contributed by atoms with van der Waals surface area (Å²) < 4.78 is 12.4. The molecule has 1 aliphatic carbocycles. The zero-order valence-electron chi connectivity index (χ0n) is 15.1. The molecule has 2 aromatic heterocycles. The van der Waals surface area contributed by atoms with Crippen molar-refractivity contribution < 1.29 is 14.3 Å². The number of esters is 1. The Bertz CT molecular complexity index is 878. The van der Waals surface area contributed by atoms with Crippen LogP contribution in [0.4, 0.5) is 0 Å². The molecule has 132 valence electrons. The smallest absolute Gasteiger partial charge is 0.338 e. The summed E-state index contributed by atoms with van der Waals surface area (Å²) >= 11 is 0. The first kappa shape index (κ1) is 17.2. The molecular formula is C19H23N3O3. The number of ether oxygens (including phenoxy) is 2. The van der Waals surface area contributed by atoms with E-state index in [1.807, 2.05) is 17.7 Å². The monoisotopic (exact) mass is 341 g/mol. The van der Waals surface area contributed by atoms with Crippen LogP contribution in [0.2, 0.25) is 0 Å². The fourth-order valence-electron chi connectivity index (χ4n) is 3.21. The third-order valence-electron chi connectivity index (χ3n) is 4.32. The lowest BCUT2D eigenvalue weighted by atomic mass is 9.99. The average Bonchev–Trinajstić information content (AvgIpc) is 2.96. The van der Waals surface area contributed by atoms with E-state index in [9.17, 15) is 4.79 Å². The molecule has 6 heteroatoms. The maximum Gasteiger partial charge on any atom is 0.338 e. The van der Waals surface area contributed by atoms with E-state index in [-0.39, 0.29) is 5.97 Å². The summed E-state index contributed by atoms with van der Waals surface area (Å²) in [5, 5.41) is 5.32. The highest BCUT2D eigenvalue weighted by atomic mass is 16.5. The maximum atomic E-state index is 12.4. The fourth-order valence-corrected chi connectivity index (χ4v) is 3.21. The van der Waals surface area contributed by atoms with Crippen LogP contribution in [0.3, 0.4) is 0 Å². The van der Waals surface area contributed by atoms with Crippen molar-refractivity contribution in [2.75, 3.05) is 14.2 Å². The molecule has 0 atom stereocenters. The Kier molecular flexibility index (Phi) is 4.88. The standard InChI is InChI=1S/C19H23N3O3/c1-5-10-22-18-17(12(2)21-22)14(19(23)25-4)11-15(20-18)13-8-6-7-9-16(13)24-3/h8-9,11H,5-7,10H2,1-4H3. The van der Waals surface area contributed by atoms with Gasteiger partial charge in [0, 0.05) is 12.1 Å². The summed E-state index contributed by atoms with van der Waals surface area (Å²) in [7, 11) is 3.04. The van der Waals surface area contributed by atoms with E-state index in [1.165, 1.54) is 7.11 Å². The normalized spacial score (nSPS) is 14.2. The van der Waals surface area contributed by atoms with E-state index in [0.717, 1.165) is 48.2 Å². The second kappa shape index (κ2) is 7.09. The number of hydrogen-bond donors (Lipinski definition) is 0. The van der Waals surface area contributed by atoms with Gasteiger partial charge in [-0.2, -0.15) is 5.10 Å². The fraction of sp³-hybridized carbons (Fsp3) is 0.421. The van der Waals surface area contributed by atoms with Crippen LogP contribution < -0.4 is 0 Å². The van der Waals surface area contributed by atoms with E-state index < -0.39 is 0 Å². The molecule has 0 unspecified atom stereocenters. The molecule has 1 aliphatic rings. The topological polar surface area (TPSA) is 66.2 Å². The predicted molar refractivity (Wildman–Crippen MR) is 96.2 cm³/mol. The highest BCUT2D eigenvalue weighted by molar-refractivity contribution is 6.04. The Labute approximate surface area is 147 Å². The molecular weight excluding hydrogens is 318 g/mol. The summed E-state index contributed by atoms with van der Waals surface area (Å²) in [4.78, 5) is 17.2. The summed E-state index contributed by atoms with van der Waals surface area (Å²) in [5.41, 5.74) is 3.59. The van der Waals surface area contributed by atoms with Gasteiger partial charge >= 0.3 is 5.97 Å². The molecule has 0 saturated heterocycles. The molecule has 0 spiro atoms. The van der Waals surface area contributed by atoms with E-state index in [1.54, 1.807) is 13.2 Å². The summed E-state index contributed by atoms with van der Waals surface area (Å²) in [5.74, 6) is 0.402. The number of nitrogens with zero attached hydrogens (tertiary/aromatic N) is 3. The van der Waals surface area contributed by atoms with Crippen molar-refractivity contribution in [1.82, 2.24) is 14.8 Å². The van der Waals surface area contributed by atoms with E-state index in [4.69, 9.17) is 14.5 Å². The van der Waals surface area contributed by atoms with Crippen molar-refractivity contribution >= 4 is 22.6 Å². The van der Waals surface area contributed by atoms with E-state index in [2.05, 4.69) is 18.1 Å². The van der Waals surface area contributed by atoms with Gasteiger partial charge < -0.3 is 9.47 Å². The Balaban J connectivity index is 2.27. The number of carbonyl (C=O) groups is 1. The van der Waals surface area contributed by atoms with Crippen LogP contribution in [-0.2, 0) is 16.0 Å². The van der Waals surface area contributed by atoms with Gasteiger partial charge in [-0.1, -0.05) is 13.0 Å². The summed E-state index contributed by atoms with van der Waals surface area (Å²) in [6.45, 7) is 4.72. The molecule has 0 bridgehead atoms. The number of hydrogen-bond acceptors (Lipinski definition) is 5. The van der Waals surface area contributed by atoms with Crippen molar-refractivity contribution in [2.24, 2.45) is 0 Å². The molecule has 2 aromatic rings. The van der Waals surface area contributed by atoms with Crippen molar-refractivity contribution in [3.63, 3.8) is 0 Å². The van der Waals surface area contributed by atoms with Crippen LogP contribution in [0.25, 0.3) is 16.6 Å². The second-order valence-electron chi connectivity index (χ2n) is 6.02. The molecule has 0 radical (unpaired) electrons. The summed E-state index contributed by atoms with van der Waals surface area (Å²) in [6, 6.07) is 1.78. The number of carbonyl (C=O) groups excluding carboxylic acids is 1. The van der Waals surface area contributed by atoms with Crippen molar-refractivity contribution in [3.8, 4) is 0 Å². The van der Waals surface area contributed by atoms with Gasteiger partial charge in [0.1, 0.15) is 5.76 Å². The molecule has 0 aromatic carbocycles. The van der Waals surface area contributed by atoms with Gasteiger partial charge in [0.15, 0.2) is 5.65 Å². The molecule has 25 heavy (non-hydrogen) atoms. The number of pyridine rings is 1.